The number of ether oxygens (including phenoxy) is 2. The topological polar surface area (TPSA) is 59.0 Å². The molecule has 1 heterocycles. The largest absolute Gasteiger partial charge is 0.497 e. The Morgan fingerprint density at radius 1 is 0.974 bits per heavy atom. The van der Waals surface area contributed by atoms with E-state index in [0.717, 1.165) is 60.5 Å². The Balaban J connectivity index is 1.39. The summed E-state index contributed by atoms with van der Waals surface area (Å²) >= 11 is 0. The molecule has 0 spiro atoms. The fraction of sp³-hybridized carbons (Fsp3) is 0.424. The van der Waals surface area contributed by atoms with Crippen LogP contribution in [0.5, 0.6) is 11.5 Å². The van der Waals surface area contributed by atoms with Crippen LogP contribution >= 0.6 is 0 Å². The van der Waals surface area contributed by atoms with Crippen LogP contribution < -0.4 is 14.4 Å². The first kappa shape index (κ1) is 27.0. The minimum atomic E-state index is -0.763. The molecule has 0 bridgehead atoms. The fourth-order valence-corrected chi connectivity index (χ4v) is 5.63. The van der Waals surface area contributed by atoms with Gasteiger partial charge in [-0.05, 0) is 78.6 Å². The van der Waals surface area contributed by atoms with Gasteiger partial charge in [-0.2, -0.15) is 0 Å². The number of hydrogen-bond donors (Lipinski definition) is 1. The molecule has 0 amide bonds. The Hall–Kier alpha value is -3.54. The minimum Gasteiger partial charge on any atom is -0.497 e. The van der Waals surface area contributed by atoms with E-state index < -0.39 is 5.97 Å². The first-order valence-electron chi connectivity index (χ1n) is 14.2. The van der Waals surface area contributed by atoms with Crippen molar-refractivity contribution >= 4 is 11.7 Å². The summed E-state index contributed by atoms with van der Waals surface area (Å²) in [5, 5.41) is 9.44. The van der Waals surface area contributed by atoms with Crippen molar-refractivity contribution in [1.82, 2.24) is 0 Å². The molecular formula is C33H38FNO4. The Morgan fingerprint density at radius 3 is 2.49 bits per heavy atom. The lowest BCUT2D eigenvalue weighted by Gasteiger charge is -2.27. The molecule has 0 aromatic heterocycles. The molecule has 206 valence electrons. The van der Waals surface area contributed by atoms with Gasteiger partial charge >= 0.3 is 5.97 Å². The fourth-order valence-electron chi connectivity index (χ4n) is 5.63. The van der Waals surface area contributed by atoms with E-state index in [9.17, 15) is 9.90 Å². The normalized spacial score (nSPS) is 16.4. The zero-order valence-electron chi connectivity index (χ0n) is 22.7. The number of rotatable bonds is 11. The summed E-state index contributed by atoms with van der Waals surface area (Å²) in [4.78, 5) is 13.9. The molecule has 1 atom stereocenters. The van der Waals surface area contributed by atoms with Crippen LogP contribution in [-0.4, -0.2) is 31.3 Å². The third-order valence-corrected chi connectivity index (χ3v) is 7.94. The zero-order valence-corrected chi connectivity index (χ0v) is 22.7. The van der Waals surface area contributed by atoms with Crippen molar-refractivity contribution in [2.75, 3.05) is 25.1 Å². The van der Waals surface area contributed by atoms with Crippen molar-refractivity contribution in [1.29, 1.82) is 0 Å². The molecule has 5 nitrogen and oxygen atoms in total. The highest BCUT2D eigenvalue weighted by atomic mass is 19.1. The average molecular weight is 532 g/mol. The lowest BCUT2D eigenvalue weighted by molar-refractivity contribution is -0.137. The summed E-state index contributed by atoms with van der Waals surface area (Å²) in [6, 6.07) is 18.9. The first-order valence-corrected chi connectivity index (χ1v) is 14.2. The van der Waals surface area contributed by atoms with Crippen LogP contribution in [0.3, 0.4) is 0 Å². The van der Waals surface area contributed by atoms with Gasteiger partial charge in [0.1, 0.15) is 23.9 Å². The van der Waals surface area contributed by atoms with Crippen LogP contribution in [0.1, 0.15) is 68.4 Å². The number of aliphatic carboxylic acids is 1. The van der Waals surface area contributed by atoms with E-state index in [1.807, 2.05) is 36.4 Å². The van der Waals surface area contributed by atoms with Gasteiger partial charge in [0.25, 0.3) is 0 Å². The SMILES string of the molecule is COc1ccc(F)c(-c2ccc(COc3cccc([C@@H](CC(=O)O)CC4CC4)c3)cc2N2CCCCCC2)c1. The van der Waals surface area contributed by atoms with Crippen molar-refractivity contribution in [3.63, 3.8) is 0 Å². The predicted molar refractivity (Wildman–Crippen MR) is 152 cm³/mol. The molecule has 1 aliphatic heterocycles. The summed E-state index contributed by atoms with van der Waals surface area (Å²) in [5.74, 6) is 0.978. The van der Waals surface area contributed by atoms with Crippen LogP contribution in [0.2, 0.25) is 0 Å². The lowest BCUT2D eigenvalue weighted by atomic mass is 9.90. The van der Waals surface area contributed by atoms with E-state index in [-0.39, 0.29) is 18.2 Å². The van der Waals surface area contributed by atoms with Crippen molar-refractivity contribution in [2.24, 2.45) is 5.92 Å². The van der Waals surface area contributed by atoms with Crippen molar-refractivity contribution in [3.05, 3.63) is 77.6 Å². The standard InChI is InChI=1S/C33H38FNO4/c1-38-27-12-14-31(34)30(21-27)29-13-11-24(18-32(29)35-15-4-2-3-5-16-35)22-39-28-8-6-7-25(19-28)26(20-33(36)37)17-23-9-10-23/h6-8,11-14,18-19,21,23,26H,2-5,9-10,15-17,20,22H2,1H3,(H,36,37)/t26-/m1/s1. The Morgan fingerprint density at radius 2 is 1.77 bits per heavy atom. The molecule has 39 heavy (non-hydrogen) atoms. The second-order valence-corrected chi connectivity index (χ2v) is 10.9. The Labute approximate surface area is 230 Å². The maximum absolute atomic E-state index is 15.0. The van der Waals surface area contributed by atoms with Gasteiger partial charge in [-0.3, -0.25) is 4.79 Å². The first-order chi connectivity index (χ1) is 19.0. The number of halogens is 1. The molecule has 2 fully saturated rings. The minimum absolute atomic E-state index is 0.00485. The van der Waals surface area contributed by atoms with Crippen molar-refractivity contribution in [3.8, 4) is 22.6 Å². The lowest BCUT2D eigenvalue weighted by Crippen LogP contribution is -2.24. The maximum atomic E-state index is 15.0. The predicted octanol–water partition coefficient (Wildman–Crippen LogP) is 7.82. The molecule has 3 aromatic rings. The number of methoxy groups -OCH3 is 1. The van der Waals surface area contributed by atoms with E-state index in [0.29, 0.717) is 23.8 Å². The van der Waals surface area contributed by atoms with E-state index in [1.54, 1.807) is 19.2 Å². The van der Waals surface area contributed by atoms with E-state index in [4.69, 9.17) is 9.47 Å². The smallest absolute Gasteiger partial charge is 0.303 e. The summed E-state index contributed by atoms with van der Waals surface area (Å²) in [6.07, 6.45) is 8.10. The second kappa shape index (κ2) is 12.5. The van der Waals surface area contributed by atoms with Gasteiger partial charge in [0, 0.05) is 29.9 Å². The van der Waals surface area contributed by atoms with Crippen molar-refractivity contribution < 1.29 is 23.8 Å². The highest BCUT2D eigenvalue weighted by Gasteiger charge is 2.28. The highest BCUT2D eigenvalue weighted by Crippen LogP contribution is 2.41. The molecule has 1 aliphatic carbocycles. The van der Waals surface area contributed by atoms with E-state index in [1.165, 1.54) is 31.7 Å². The van der Waals surface area contributed by atoms with Gasteiger partial charge in [-0.25, -0.2) is 4.39 Å². The molecule has 0 unspecified atom stereocenters. The number of hydrogen-bond acceptors (Lipinski definition) is 4. The summed E-state index contributed by atoms with van der Waals surface area (Å²) in [5.41, 5.74) is 4.44. The van der Waals surface area contributed by atoms with Gasteiger partial charge in [0.15, 0.2) is 0 Å². The number of carboxylic acids is 1. The molecule has 1 N–H and O–H groups in total. The Kier molecular flexibility index (Phi) is 8.70. The van der Waals surface area contributed by atoms with Gasteiger partial charge in [-0.15, -0.1) is 0 Å². The van der Waals surface area contributed by atoms with Crippen LogP contribution in [0.15, 0.2) is 60.7 Å². The summed E-state index contributed by atoms with van der Waals surface area (Å²) < 4.78 is 26.6. The molecule has 6 heteroatoms. The number of carbonyl (C=O) groups is 1. The molecule has 2 aliphatic rings. The zero-order chi connectivity index (χ0) is 27.2. The Bertz CT molecular complexity index is 1280. The molecular weight excluding hydrogens is 493 g/mol. The molecule has 3 aromatic carbocycles. The molecule has 1 saturated heterocycles. The van der Waals surface area contributed by atoms with Gasteiger partial charge < -0.3 is 19.5 Å². The highest BCUT2D eigenvalue weighted by molar-refractivity contribution is 5.80. The molecule has 0 radical (unpaired) electrons. The van der Waals surface area contributed by atoms with Crippen LogP contribution in [-0.2, 0) is 11.4 Å². The average Bonchev–Trinajstić information content (AvgIpc) is 3.79. The van der Waals surface area contributed by atoms with Gasteiger partial charge in [-0.1, -0.05) is 49.9 Å². The van der Waals surface area contributed by atoms with Gasteiger partial charge in [0.05, 0.1) is 13.5 Å². The molecule has 5 rings (SSSR count). The number of benzene rings is 3. The number of nitrogens with zero attached hydrogens (tertiary/aromatic N) is 1. The quantitative estimate of drug-likeness (QED) is 0.273. The monoisotopic (exact) mass is 531 g/mol. The molecule has 1 saturated carbocycles. The van der Waals surface area contributed by atoms with E-state index >= 15 is 4.39 Å². The summed E-state index contributed by atoms with van der Waals surface area (Å²) in [7, 11) is 1.60. The van der Waals surface area contributed by atoms with Crippen LogP contribution in [0.25, 0.3) is 11.1 Å². The summed E-state index contributed by atoms with van der Waals surface area (Å²) in [6.45, 7) is 2.26. The number of anilines is 1. The third kappa shape index (κ3) is 7.11. The third-order valence-electron chi connectivity index (χ3n) is 7.94. The van der Waals surface area contributed by atoms with Gasteiger partial charge in [0.2, 0.25) is 0 Å². The second-order valence-electron chi connectivity index (χ2n) is 10.9. The number of carboxylic acid groups (broad SMARTS) is 1. The maximum Gasteiger partial charge on any atom is 0.303 e. The van der Waals surface area contributed by atoms with E-state index in [2.05, 4.69) is 11.0 Å². The van der Waals surface area contributed by atoms with Crippen LogP contribution in [0.4, 0.5) is 10.1 Å². The van der Waals surface area contributed by atoms with Crippen LogP contribution in [0, 0.1) is 11.7 Å². The van der Waals surface area contributed by atoms with Crippen molar-refractivity contribution in [2.45, 2.75) is 63.9 Å².